The van der Waals surface area contributed by atoms with E-state index in [0.29, 0.717) is 24.6 Å². The van der Waals surface area contributed by atoms with E-state index in [1.54, 1.807) is 0 Å². The number of H-pyrrole nitrogens is 1. The Labute approximate surface area is 152 Å². The Morgan fingerprint density at radius 1 is 1.12 bits per heavy atom. The lowest BCUT2D eigenvalue weighted by molar-refractivity contribution is -0.123. The average molecular weight is 349 g/mol. The van der Waals surface area contributed by atoms with Crippen LogP contribution in [0.2, 0.25) is 0 Å². The van der Waals surface area contributed by atoms with Gasteiger partial charge in [0.15, 0.2) is 5.82 Å². The Bertz CT molecular complexity index is 869. The van der Waals surface area contributed by atoms with Crippen molar-refractivity contribution in [3.05, 3.63) is 66.0 Å². The Kier molecular flexibility index (Phi) is 5.14. The molecule has 0 aliphatic rings. The topological polar surface area (TPSA) is 96.7 Å². The second-order valence-electron chi connectivity index (χ2n) is 6.89. The quantitative estimate of drug-likeness (QED) is 0.637. The summed E-state index contributed by atoms with van der Waals surface area (Å²) in [6, 6.07) is 17.5. The van der Waals surface area contributed by atoms with Crippen molar-refractivity contribution in [2.24, 2.45) is 11.1 Å². The molecule has 1 amide bonds. The third-order valence-electron chi connectivity index (χ3n) is 4.23. The summed E-state index contributed by atoms with van der Waals surface area (Å²) >= 11 is 0. The summed E-state index contributed by atoms with van der Waals surface area (Å²) in [6.45, 7) is 4.22. The number of carbonyl (C=O) groups excluding carboxylic acids is 1. The molecular formula is C20H23N5O. The van der Waals surface area contributed by atoms with Crippen molar-refractivity contribution in [1.29, 1.82) is 0 Å². The number of nitrogens with two attached hydrogens (primary N) is 1. The van der Waals surface area contributed by atoms with Crippen LogP contribution < -0.4 is 11.1 Å². The van der Waals surface area contributed by atoms with E-state index in [1.165, 1.54) is 0 Å². The first kappa shape index (κ1) is 17.8. The van der Waals surface area contributed by atoms with E-state index < -0.39 is 5.41 Å². The molecule has 0 bridgehead atoms. The monoisotopic (exact) mass is 349 g/mol. The molecule has 134 valence electrons. The number of amides is 1. The molecule has 0 fully saturated rings. The van der Waals surface area contributed by atoms with E-state index in [9.17, 15) is 4.79 Å². The number of aromatic amines is 1. The largest absolute Gasteiger partial charge is 0.326 e. The van der Waals surface area contributed by atoms with Crippen molar-refractivity contribution in [2.75, 3.05) is 5.32 Å². The van der Waals surface area contributed by atoms with Gasteiger partial charge in [0, 0.05) is 16.7 Å². The molecular weight excluding hydrogens is 326 g/mol. The Morgan fingerprint density at radius 2 is 1.81 bits per heavy atom. The Balaban J connectivity index is 1.67. The first-order chi connectivity index (χ1) is 12.5. The van der Waals surface area contributed by atoms with Crippen LogP contribution in [0.3, 0.4) is 0 Å². The van der Waals surface area contributed by atoms with Crippen LogP contribution in [0.5, 0.6) is 0 Å². The van der Waals surface area contributed by atoms with Crippen LogP contribution in [0.4, 0.5) is 5.69 Å². The first-order valence-electron chi connectivity index (χ1n) is 8.55. The lowest BCUT2D eigenvalue weighted by atomic mass is 9.84. The van der Waals surface area contributed by atoms with Crippen LogP contribution in [0.25, 0.3) is 11.4 Å². The fourth-order valence-electron chi connectivity index (χ4n) is 2.71. The van der Waals surface area contributed by atoms with Crippen molar-refractivity contribution < 1.29 is 4.79 Å². The number of hydrogen-bond acceptors (Lipinski definition) is 4. The van der Waals surface area contributed by atoms with Crippen LogP contribution in [0, 0.1) is 5.41 Å². The van der Waals surface area contributed by atoms with Crippen LogP contribution in [-0.2, 0) is 17.8 Å². The minimum atomic E-state index is -0.514. The van der Waals surface area contributed by atoms with E-state index in [0.717, 1.165) is 16.8 Å². The van der Waals surface area contributed by atoms with Crippen molar-refractivity contribution >= 4 is 11.6 Å². The van der Waals surface area contributed by atoms with Gasteiger partial charge < -0.3 is 11.1 Å². The highest BCUT2D eigenvalue weighted by Crippen LogP contribution is 2.25. The van der Waals surface area contributed by atoms with Crippen LogP contribution in [0.1, 0.15) is 25.2 Å². The van der Waals surface area contributed by atoms with Gasteiger partial charge in [0.25, 0.3) is 0 Å². The molecule has 1 aromatic heterocycles. The molecule has 3 aromatic rings. The van der Waals surface area contributed by atoms with E-state index in [2.05, 4.69) is 20.5 Å². The van der Waals surface area contributed by atoms with E-state index in [-0.39, 0.29) is 5.91 Å². The second kappa shape index (κ2) is 7.49. The minimum Gasteiger partial charge on any atom is -0.326 e. The fourth-order valence-corrected chi connectivity index (χ4v) is 2.71. The van der Waals surface area contributed by atoms with E-state index in [4.69, 9.17) is 5.73 Å². The lowest BCUT2D eigenvalue weighted by Gasteiger charge is -2.23. The molecule has 0 aliphatic heterocycles. The summed E-state index contributed by atoms with van der Waals surface area (Å²) < 4.78 is 0. The van der Waals surface area contributed by atoms with E-state index >= 15 is 0 Å². The maximum atomic E-state index is 12.7. The van der Waals surface area contributed by atoms with Gasteiger partial charge in [-0.3, -0.25) is 9.89 Å². The second-order valence-corrected chi connectivity index (χ2v) is 6.89. The number of hydrogen-bond donors (Lipinski definition) is 3. The van der Waals surface area contributed by atoms with Crippen molar-refractivity contribution in [3.8, 4) is 11.4 Å². The van der Waals surface area contributed by atoms with Gasteiger partial charge in [-0.25, -0.2) is 4.98 Å². The normalized spacial score (nSPS) is 11.3. The van der Waals surface area contributed by atoms with Crippen molar-refractivity contribution in [1.82, 2.24) is 15.2 Å². The highest BCUT2D eigenvalue weighted by Gasteiger charge is 2.28. The predicted molar refractivity (Wildman–Crippen MR) is 102 cm³/mol. The summed E-state index contributed by atoms with van der Waals surface area (Å²) in [5.74, 6) is 1.21. The minimum absolute atomic E-state index is 0.0163. The summed E-state index contributed by atoms with van der Waals surface area (Å²) in [7, 11) is 0. The predicted octanol–water partition coefficient (Wildman–Crippen LogP) is 3.14. The molecule has 6 nitrogen and oxygen atoms in total. The summed E-state index contributed by atoms with van der Waals surface area (Å²) in [4.78, 5) is 17.0. The number of aromatic nitrogens is 3. The highest BCUT2D eigenvalue weighted by molar-refractivity contribution is 5.95. The SMILES string of the molecule is CC(C)(Cc1ccccc1)C(=O)Nc1ccc(-c2n[nH]c(CN)n2)cc1. The Hall–Kier alpha value is -2.99. The molecule has 0 atom stereocenters. The first-order valence-corrected chi connectivity index (χ1v) is 8.55. The van der Waals surface area contributed by atoms with Gasteiger partial charge in [0.2, 0.25) is 5.91 Å². The van der Waals surface area contributed by atoms with Crippen LogP contribution >= 0.6 is 0 Å². The smallest absolute Gasteiger partial charge is 0.230 e. The van der Waals surface area contributed by atoms with Crippen molar-refractivity contribution in [3.63, 3.8) is 0 Å². The molecule has 2 aromatic carbocycles. The number of benzene rings is 2. The summed E-state index contributed by atoms with van der Waals surface area (Å²) in [6.07, 6.45) is 0.677. The number of anilines is 1. The Morgan fingerprint density at radius 3 is 2.42 bits per heavy atom. The van der Waals surface area contributed by atoms with Gasteiger partial charge in [-0.15, -0.1) is 0 Å². The molecule has 0 spiro atoms. The highest BCUT2D eigenvalue weighted by atomic mass is 16.2. The standard InChI is InChI=1S/C20H23N5O/c1-20(2,12-14-6-4-3-5-7-14)19(26)22-16-10-8-15(9-11-16)18-23-17(13-21)24-25-18/h3-11H,12-13,21H2,1-2H3,(H,22,26)(H,23,24,25). The van der Waals surface area contributed by atoms with Crippen molar-refractivity contribution in [2.45, 2.75) is 26.8 Å². The van der Waals surface area contributed by atoms with Gasteiger partial charge >= 0.3 is 0 Å². The molecule has 0 saturated carbocycles. The molecule has 6 heteroatoms. The molecule has 0 unspecified atom stereocenters. The summed E-state index contributed by atoms with van der Waals surface area (Å²) in [5.41, 5.74) is 7.77. The molecule has 4 N–H and O–H groups in total. The van der Waals surface area contributed by atoms with Gasteiger partial charge in [-0.1, -0.05) is 44.2 Å². The third-order valence-corrected chi connectivity index (χ3v) is 4.23. The molecule has 1 heterocycles. The van der Waals surface area contributed by atoms with Gasteiger partial charge in [0.1, 0.15) is 5.82 Å². The van der Waals surface area contributed by atoms with Gasteiger partial charge in [0.05, 0.1) is 6.54 Å². The number of nitrogens with one attached hydrogen (secondary N) is 2. The van der Waals surface area contributed by atoms with Crippen LogP contribution in [-0.4, -0.2) is 21.1 Å². The number of nitrogens with zero attached hydrogens (tertiary/aromatic N) is 2. The van der Waals surface area contributed by atoms with Gasteiger partial charge in [-0.05, 0) is 36.2 Å². The molecule has 3 rings (SSSR count). The summed E-state index contributed by atoms with van der Waals surface area (Å²) in [5, 5.41) is 9.91. The molecule has 26 heavy (non-hydrogen) atoms. The maximum Gasteiger partial charge on any atom is 0.230 e. The van der Waals surface area contributed by atoms with Gasteiger partial charge in [-0.2, -0.15) is 5.10 Å². The molecule has 0 aliphatic carbocycles. The zero-order valence-corrected chi connectivity index (χ0v) is 15.0. The zero-order valence-electron chi connectivity index (χ0n) is 15.0. The van der Waals surface area contributed by atoms with Crippen LogP contribution in [0.15, 0.2) is 54.6 Å². The lowest BCUT2D eigenvalue weighted by Crippen LogP contribution is -2.32. The van der Waals surface area contributed by atoms with E-state index in [1.807, 2.05) is 68.4 Å². The fraction of sp³-hybridized carbons (Fsp3) is 0.250. The average Bonchev–Trinajstić information content (AvgIpc) is 3.12. The molecule has 0 radical (unpaired) electrons. The molecule has 0 saturated heterocycles. The zero-order chi connectivity index (χ0) is 18.6. The number of carbonyl (C=O) groups is 1. The maximum absolute atomic E-state index is 12.7. The number of rotatable bonds is 6. The third kappa shape index (κ3) is 4.15.